The molecule has 3 rings (SSSR count). The fourth-order valence-corrected chi connectivity index (χ4v) is 2.39. The van der Waals surface area contributed by atoms with Crippen molar-refractivity contribution in [3.8, 4) is 0 Å². The number of carbonyl (C=O) groups excluding carboxylic acids is 1. The Morgan fingerprint density at radius 3 is 2.87 bits per heavy atom. The number of oxazole rings is 1. The van der Waals surface area contributed by atoms with Crippen LogP contribution in [0, 0.1) is 5.82 Å². The van der Waals surface area contributed by atoms with Crippen LogP contribution in [-0.4, -0.2) is 17.0 Å². The second kappa shape index (κ2) is 6.08. The van der Waals surface area contributed by atoms with Crippen LogP contribution in [0.1, 0.15) is 15.9 Å². The first-order chi connectivity index (χ1) is 11.0. The van der Waals surface area contributed by atoms with Crippen LogP contribution in [0.3, 0.4) is 0 Å². The van der Waals surface area contributed by atoms with Crippen LogP contribution in [0.5, 0.6) is 0 Å². The largest absolute Gasteiger partial charge is 0.419 e. The maximum atomic E-state index is 13.1. The SMILES string of the molecule is Cn1c(=O)oc2cc(CCNC(=O)c3cccc(F)c3)ccc21. The van der Waals surface area contributed by atoms with E-state index < -0.39 is 11.6 Å². The number of aryl methyl sites for hydroxylation is 1. The smallest absolute Gasteiger partial charge is 0.408 e. The fraction of sp³-hybridized carbons (Fsp3) is 0.176. The Bertz CT molecular complexity index is 927. The maximum Gasteiger partial charge on any atom is 0.419 e. The van der Waals surface area contributed by atoms with Crippen molar-refractivity contribution in [3.63, 3.8) is 0 Å². The lowest BCUT2D eigenvalue weighted by Crippen LogP contribution is -2.25. The summed E-state index contributed by atoms with van der Waals surface area (Å²) >= 11 is 0. The Hall–Kier alpha value is -2.89. The number of aromatic nitrogens is 1. The van der Waals surface area contributed by atoms with Crippen LogP contribution >= 0.6 is 0 Å². The van der Waals surface area contributed by atoms with E-state index in [1.165, 1.54) is 22.8 Å². The number of nitrogens with one attached hydrogen (secondary N) is 1. The summed E-state index contributed by atoms with van der Waals surface area (Å²) in [6.07, 6.45) is 0.579. The molecule has 0 atom stereocenters. The normalized spacial score (nSPS) is 10.9. The van der Waals surface area contributed by atoms with Gasteiger partial charge in [0.25, 0.3) is 5.91 Å². The summed E-state index contributed by atoms with van der Waals surface area (Å²) in [5, 5.41) is 2.74. The Kier molecular flexibility index (Phi) is 3.97. The van der Waals surface area contributed by atoms with Gasteiger partial charge in [-0.1, -0.05) is 12.1 Å². The summed E-state index contributed by atoms with van der Waals surface area (Å²) in [6, 6.07) is 11.0. The molecular weight excluding hydrogens is 299 g/mol. The van der Waals surface area contributed by atoms with E-state index >= 15 is 0 Å². The van der Waals surface area contributed by atoms with Crippen molar-refractivity contribution < 1.29 is 13.6 Å². The molecule has 1 aromatic heterocycles. The molecule has 0 bridgehead atoms. The molecule has 1 N–H and O–H groups in total. The van der Waals surface area contributed by atoms with Gasteiger partial charge in [-0.25, -0.2) is 9.18 Å². The summed E-state index contributed by atoms with van der Waals surface area (Å²) in [6.45, 7) is 0.401. The number of fused-ring (bicyclic) bond motifs is 1. The lowest BCUT2D eigenvalue weighted by atomic mass is 10.1. The summed E-state index contributed by atoms with van der Waals surface area (Å²) in [4.78, 5) is 23.4. The van der Waals surface area contributed by atoms with E-state index in [0.29, 0.717) is 18.5 Å². The van der Waals surface area contributed by atoms with E-state index in [0.717, 1.165) is 11.1 Å². The molecule has 0 saturated carbocycles. The third-order valence-corrected chi connectivity index (χ3v) is 3.64. The second-order valence-corrected chi connectivity index (χ2v) is 5.25. The van der Waals surface area contributed by atoms with Gasteiger partial charge in [-0.15, -0.1) is 0 Å². The molecule has 2 aromatic carbocycles. The number of amides is 1. The van der Waals surface area contributed by atoms with Gasteiger partial charge in [0.05, 0.1) is 5.52 Å². The molecule has 0 aliphatic heterocycles. The van der Waals surface area contributed by atoms with E-state index in [9.17, 15) is 14.0 Å². The molecule has 118 valence electrons. The molecule has 0 aliphatic rings. The molecule has 0 unspecified atom stereocenters. The number of nitrogens with zero attached hydrogens (tertiary/aromatic N) is 1. The number of rotatable bonds is 4. The van der Waals surface area contributed by atoms with Gasteiger partial charge in [-0.3, -0.25) is 9.36 Å². The first-order valence-electron chi connectivity index (χ1n) is 7.17. The molecule has 0 radical (unpaired) electrons. The number of halogens is 1. The van der Waals surface area contributed by atoms with Crippen molar-refractivity contribution in [2.24, 2.45) is 7.05 Å². The molecule has 0 fully saturated rings. The van der Waals surface area contributed by atoms with Gasteiger partial charge >= 0.3 is 5.76 Å². The van der Waals surface area contributed by atoms with Gasteiger partial charge in [0.1, 0.15) is 5.82 Å². The molecule has 1 heterocycles. The fourth-order valence-electron chi connectivity index (χ4n) is 2.39. The predicted molar refractivity (Wildman–Crippen MR) is 83.9 cm³/mol. The highest BCUT2D eigenvalue weighted by atomic mass is 19.1. The van der Waals surface area contributed by atoms with E-state index in [1.54, 1.807) is 19.2 Å². The molecule has 6 heteroatoms. The van der Waals surface area contributed by atoms with Crippen molar-refractivity contribution >= 4 is 17.0 Å². The topological polar surface area (TPSA) is 64.2 Å². The summed E-state index contributed by atoms with van der Waals surface area (Å²) in [5.41, 5.74) is 2.47. The Morgan fingerprint density at radius 1 is 1.26 bits per heavy atom. The minimum atomic E-state index is -0.442. The van der Waals surface area contributed by atoms with E-state index in [1.807, 2.05) is 12.1 Å². The zero-order valence-electron chi connectivity index (χ0n) is 12.5. The minimum Gasteiger partial charge on any atom is -0.408 e. The molecule has 0 aliphatic carbocycles. The lowest BCUT2D eigenvalue weighted by Gasteiger charge is -2.05. The minimum absolute atomic E-state index is 0.287. The van der Waals surface area contributed by atoms with Gasteiger partial charge in [-0.2, -0.15) is 0 Å². The van der Waals surface area contributed by atoms with Crippen LogP contribution in [0.2, 0.25) is 0 Å². The third kappa shape index (κ3) is 3.15. The zero-order chi connectivity index (χ0) is 16.4. The van der Waals surface area contributed by atoms with Gasteiger partial charge < -0.3 is 9.73 Å². The average molecular weight is 314 g/mol. The quantitative estimate of drug-likeness (QED) is 0.803. The highest BCUT2D eigenvalue weighted by molar-refractivity contribution is 5.94. The average Bonchev–Trinajstić information content (AvgIpc) is 2.81. The van der Waals surface area contributed by atoms with E-state index in [4.69, 9.17) is 4.42 Å². The first-order valence-corrected chi connectivity index (χ1v) is 7.17. The molecule has 23 heavy (non-hydrogen) atoms. The van der Waals surface area contributed by atoms with Gasteiger partial charge in [0, 0.05) is 19.2 Å². The molecule has 3 aromatic rings. The van der Waals surface area contributed by atoms with Gasteiger partial charge in [0.2, 0.25) is 0 Å². The number of benzene rings is 2. The third-order valence-electron chi connectivity index (χ3n) is 3.64. The van der Waals surface area contributed by atoms with Crippen molar-refractivity contribution in [2.45, 2.75) is 6.42 Å². The van der Waals surface area contributed by atoms with E-state index in [2.05, 4.69) is 5.32 Å². The van der Waals surface area contributed by atoms with Crippen molar-refractivity contribution in [3.05, 3.63) is 70.0 Å². The second-order valence-electron chi connectivity index (χ2n) is 5.25. The highest BCUT2D eigenvalue weighted by Gasteiger charge is 2.08. The first kappa shape index (κ1) is 15.0. The zero-order valence-corrected chi connectivity index (χ0v) is 12.5. The maximum absolute atomic E-state index is 13.1. The molecule has 0 spiro atoms. The molecule has 0 saturated heterocycles. The van der Waals surface area contributed by atoms with Crippen molar-refractivity contribution in [1.29, 1.82) is 0 Å². The molecule has 1 amide bonds. The van der Waals surface area contributed by atoms with Gasteiger partial charge in [-0.05, 0) is 42.3 Å². The summed E-state index contributed by atoms with van der Waals surface area (Å²) in [7, 11) is 1.65. The monoisotopic (exact) mass is 314 g/mol. The van der Waals surface area contributed by atoms with Crippen LogP contribution in [0.15, 0.2) is 51.7 Å². The summed E-state index contributed by atoms with van der Waals surface area (Å²) < 4.78 is 19.6. The number of hydrogen-bond acceptors (Lipinski definition) is 3. The summed E-state index contributed by atoms with van der Waals surface area (Å²) in [5.74, 6) is -1.17. The van der Waals surface area contributed by atoms with Gasteiger partial charge in [0.15, 0.2) is 5.58 Å². The van der Waals surface area contributed by atoms with Crippen LogP contribution in [-0.2, 0) is 13.5 Å². The van der Waals surface area contributed by atoms with Crippen LogP contribution < -0.4 is 11.1 Å². The van der Waals surface area contributed by atoms with Crippen LogP contribution in [0.25, 0.3) is 11.1 Å². The van der Waals surface area contributed by atoms with Crippen LogP contribution in [0.4, 0.5) is 4.39 Å². The predicted octanol–water partition coefficient (Wildman–Crippen LogP) is 2.24. The number of hydrogen-bond donors (Lipinski definition) is 1. The standard InChI is InChI=1S/C17H15FN2O3/c1-20-14-6-5-11(9-15(14)23-17(20)22)7-8-19-16(21)12-3-2-4-13(18)10-12/h2-6,9-10H,7-8H2,1H3,(H,19,21). The van der Waals surface area contributed by atoms with Crippen molar-refractivity contribution in [1.82, 2.24) is 9.88 Å². The molecule has 5 nitrogen and oxygen atoms in total. The number of carbonyl (C=O) groups is 1. The van der Waals surface area contributed by atoms with E-state index in [-0.39, 0.29) is 11.5 Å². The van der Waals surface area contributed by atoms with Crippen molar-refractivity contribution in [2.75, 3.05) is 6.54 Å². The Balaban J connectivity index is 1.64. The molecular formula is C17H15FN2O3. The Labute approximate surface area is 131 Å². The lowest BCUT2D eigenvalue weighted by molar-refractivity contribution is 0.0953. The highest BCUT2D eigenvalue weighted by Crippen LogP contribution is 2.14. The Morgan fingerprint density at radius 2 is 2.09 bits per heavy atom.